The van der Waals surface area contributed by atoms with E-state index in [-0.39, 0.29) is 0 Å². The van der Waals surface area contributed by atoms with Crippen molar-refractivity contribution in [3.05, 3.63) is 12.1 Å². The Morgan fingerprint density at radius 3 is 3.07 bits per heavy atom. The van der Waals surface area contributed by atoms with Crippen LogP contribution in [0, 0.1) is 5.92 Å². The standard InChI is InChI=1S/C9H14N4O/c10-8-1-2-9(13-12-8)11-5-7-3-4-14-6-7/h1-2,7H,3-6H2,(H2,10,12)(H,11,13). The van der Waals surface area contributed by atoms with E-state index in [2.05, 4.69) is 15.5 Å². The van der Waals surface area contributed by atoms with Crippen LogP contribution in [0.2, 0.25) is 0 Å². The fraction of sp³-hybridized carbons (Fsp3) is 0.556. The normalized spacial score (nSPS) is 21.0. The lowest BCUT2D eigenvalue weighted by Gasteiger charge is -2.08. The van der Waals surface area contributed by atoms with Gasteiger partial charge in [0.1, 0.15) is 11.6 Å². The van der Waals surface area contributed by atoms with Crippen molar-refractivity contribution < 1.29 is 4.74 Å². The third kappa shape index (κ3) is 2.32. The van der Waals surface area contributed by atoms with Crippen molar-refractivity contribution in [1.29, 1.82) is 0 Å². The van der Waals surface area contributed by atoms with Crippen LogP contribution in [-0.2, 0) is 4.74 Å². The van der Waals surface area contributed by atoms with E-state index in [0.717, 1.165) is 32.0 Å². The first-order valence-corrected chi connectivity index (χ1v) is 4.75. The van der Waals surface area contributed by atoms with Gasteiger partial charge in [0, 0.05) is 19.1 Å². The summed E-state index contributed by atoms with van der Waals surface area (Å²) in [7, 11) is 0. The van der Waals surface area contributed by atoms with Gasteiger partial charge in [-0.1, -0.05) is 0 Å². The van der Waals surface area contributed by atoms with Gasteiger partial charge < -0.3 is 15.8 Å². The quantitative estimate of drug-likeness (QED) is 0.733. The number of nitrogens with one attached hydrogen (secondary N) is 1. The van der Waals surface area contributed by atoms with Crippen molar-refractivity contribution in [3.8, 4) is 0 Å². The molecule has 1 aliphatic heterocycles. The van der Waals surface area contributed by atoms with Crippen LogP contribution in [0.3, 0.4) is 0 Å². The highest BCUT2D eigenvalue weighted by molar-refractivity contribution is 5.38. The highest BCUT2D eigenvalue weighted by Gasteiger charge is 2.14. The summed E-state index contributed by atoms with van der Waals surface area (Å²) in [6, 6.07) is 3.57. The average Bonchev–Trinajstić information content (AvgIpc) is 2.70. The monoisotopic (exact) mass is 194 g/mol. The Bertz CT molecular complexity index is 281. The molecule has 0 amide bonds. The summed E-state index contributed by atoms with van der Waals surface area (Å²) in [5.41, 5.74) is 5.42. The summed E-state index contributed by atoms with van der Waals surface area (Å²) in [4.78, 5) is 0. The minimum absolute atomic E-state index is 0.444. The van der Waals surface area contributed by atoms with Crippen molar-refractivity contribution in [1.82, 2.24) is 10.2 Å². The second kappa shape index (κ2) is 4.23. The Hall–Kier alpha value is -1.36. The van der Waals surface area contributed by atoms with Crippen LogP contribution in [-0.4, -0.2) is 30.0 Å². The second-order valence-corrected chi connectivity index (χ2v) is 3.45. The molecule has 0 saturated carbocycles. The highest BCUT2D eigenvalue weighted by atomic mass is 16.5. The zero-order valence-corrected chi connectivity index (χ0v) is 7.94. The molecule has 1 unspecified atom stereocenters. The van der Waals surface area contributed by atoms with E-state index >= 15 is 0 Å². The van der Waals surface area contributed by atoms with Crippen LogP contribution in [0.1, 0.15) is 6.42 Å². The lowest BCUT2D eigenvalue weighted by Crippen LogP contribution is -2.15. The van der Waals surface area contributed by atoms with Gasteiger partial charge in [-0.3, -0.25) is 0 Å². The molecule has 2 rings (SSSR count). The maximum Gasteiger partial charge on any atom is 0.148 e. The maximum atomic E-state index is 5.42. The fourth-order valence-electron chi connectivity index (χ4n) is 1.43. The fourth-order valence-corrected chi connectivity index (χ4v) is 1.43. The molecule has 0 aliphatic carbocycles. The van der Waals surface area contributed by atoms with Gasteiger partial charge in [-0.05, 0) is 18.6 Å². The smallest absolute Gasteiger partial charge is 0.148 e. The van der Waals surface area contributed by atoms with Crippen LogP contribution in [0.4, 0.5) is 11.6 Å². The third-order valence-electron chi connectivity index (χ3n) is 2.28. The number of ether oxygens (including phenoxy) is 1. The third-order valence-corrected chi connectivity index (χ3v) is 2.28. The topological polar surface area (TPSA) is 73.1 Å². The molecule has 1 fully saturated rings. The number of nitrogens with zero attached hydrogens (tertiary/aromatic N) is 2. The number of hydrogen-bond donors (Lipinski definition) is 2. The number of nitrogen functional groups attached to an aromatic ring is 1. The van der Waals surface area contributed by atoms with Crippen LogP contribution in [0.25, 0.3) is 0 Å². The zero-order chi connectivity index (χ0) is 9.80. The Morgan fingerprint density at radius 2 is 2.43 bits per heavy atom. The molecule has 0 spiro atoms. The molecule has 1 atom stereocenters. The van der Waals surface area contributed by atoms with Crippen molar-refractivity contribution in [2.75, 3.05) is 30.8 Å². The number of aromatic nitrogens is 2. The van der Waals surface area contributed by atoms with Crippen LogP contribution in [0.15, 0.2) is 12.1 Å². The molecule has 0 bridgehead atoms. The van der Waals surface area contributed by atoms with E-state index in [4.69, 9.17) is 10.5 Å². The second-order valence-electron chi connectivity index (χ2n) is 3.45. The molecule has 76 valence electrons. The van der Waals surface area contributed by atoms with Gasteiger partial charge in [0.2, 0.25) is 0 Å². The molecule has 1 aliphatic rings. The zero-order valence-electron chi connectivity index (χ0n) is 7.94. The molecule has 1 saturated heterocycles. The maximum absolute atomic E-state index is 5.42. The Morgan fingerprint density at radius 1 is 1.50 bits per heavy atom. The highest BCUT2D eigenvalue weighted by Crippen LogP contribution is 2.13. The van der Waals surface area contributed by atoms with Gasteiger partial charge in [0.25, 0.3) is 0 Å². The summed E-state index contributed by atoms with van der Waals surface area (Å²) < 4.78 is 5.27. The number of hydrogen-bond acceptors (Lipinski definition) is 5. The Balaban J connectivity index is 1.82. The van der Waals surface area contributed by atoms with Crippen molar-refractivity contribution >= 4 is 11.6 Å². The molecular weight excluding hydrogens is 180 g/mol. The lowest BCUT2D eigenvalue weighted by atomic mass is 10.1. The van der Waals surface area contributed by atoms with Crippen LogP contribution >= 0.6 is 0 Å². The summed E-state index contributed by atoms with van der Waals surface area (Å²) in [5.74, 6) is 1.81. The summed E-state index contributed by atoms with van der Waals surface area (Å²) in [6.45, 7) is 2.60. The van der Waals surface area contributed by atoms with Gasteiger partial charge in [0.15, 0.2) is 0 Å². The molecular formula is C9H14N4O. The minimum atomic E-state index is 0.444. The average molecular weight is 194 g/mol. The van der Waals surface area contributed by atoms with Crippen molar-refractivity contribution in [2.45, 2.75) is 6.42 Å². The first-order valence-electron chi connectivity index (χ1n) is 4.75. The van der Waals surface area contributed by atoms with Gasteiger partial charge >= 0.3 is 0 Å². The van der Waals surface area contributed by atoms with Gasteiger partial charge in [-0.15, -0.1) is 10.2 Å². The van der Waals surface area contributed by atoms with Crippen LogP contribution in [0.5, 0.6) is 0 Å². The minimum Gasteiger partial charge on any atom is -0.382 e. The molecule has 3 N–H and O–H groups in total. The summed E-state index contributed by atoms with van der Waals surface area (Å²) in [6.07, 6.45) is 1.12. The molecule has 0 radical (unpaired) electrons. The van der Waals surface area contributed by atoms with Gasteiger partial charge in [-0.2, -0.15) is 0 Å². The Kier molecular flexibility index (Phi) is 2.78. The van der Waals surface area contributed by atoms with E-state index in [1.807, 2.05) is 6.07 Å². The molecule has 14 heavy (non-hydrogen) atoms. The van der Waals surface area contributed by atoms with Gasteiger partial charge in [0.05, 0.1) is 6.61 Å². The van der Waals surface area contributed by atoms with E-state index < -0.39 is 0 Å². The Labute approximate surface area is 82.7 Å². The van der Waals surface area contributed by atoms with E-state index in [0.29, 0.717) is 11.7 Å². The molecule has 1 aromatic rings. The number of nitrogens with two attached hydrogens (primary N) is 1. The van der Waals surface area contributed by atoms with Crippen LogP contribution < -0.4 is 11.1 Å². The number of anilines is 2. The molecule has 5 nitrogen and oxygen atoms in total. The first-order chi connectivity index (χ1) is 6.84. The molecule has 1 aromatic heterocycles. The molecule has 0 aromatic carbocycles. The van der Waals surface area contributed by atoms with E-state index in [9.17, 15) is 0 Å². The summed E-state index contributed by atoms with van der Waals surface area (Å²) in [5, 5.41) is 10.9. The SMILES string of the molecule is Nc1ccc(NCC2CCOC2)nn1. The molecule has 5 heteroatoms. The van der Waals surface area contributed by atoms with Crippen molar-refractivity contribution in [2.24, 2.45) is 5.92 Å². The predicted octanol–water partition coefficient (Wildman–Crippen LogP) is 0.507. The van der Waals surface area contributed by atoms with E-state index in [1.54, 1.807) is 6.07 Å². The summed E-state index contributed by atoms with van der Waals surface area (Å²) >= 11 is 0. The first kappa shape index (κ1) is 9.21. The van der Waals surface area contributed by atoms with E-state index in [1.165, 1.54) is 0 Å². The van der Waals surface area contributed by atoms with Crippen molar-refractivity contribution in [3.63, 3.8) is 0 Å². The van der Waals surface area contributed by atoms with Gasteiger partial charge in [-0.25, -0.2) is 0 Å². The molecule has 2 heterocycles. The predicted molar refractivity (Wildman–Crippen MR) is 53.9 cm³/mol. The lowest BCUT2D eigenvalue weighted by molar-refractivity contribution is 0.187. The number of rotatable bonds is 3. The largest absolute Gasteiger partial charge is 0.382 e.